The van der Waals surface area contributed by atoms with Gasteiger partial charge < -0.3 is 4.90 Å². The third-order valence-electron chi connectivity index (χ3n) is 5.28. The maximum atomic E-state index is 12.5. The number of carbonyl (C=O) groups excluding carboxylic acids is 2. The highest BCUT2D eigenvalue weighted by Gasteiger charge is 2.39. The van der Waals surface area contributed by atoms with E-state index in [9.17, 15) is 9.59 Å². The Labute approximate surface area is 129 Å². The maximum absolute atomic E-state index is 12.5. The van der Waals surface area contributed by atoms with Crippen molar-refractivity contribution in [2.75, 3.05) is 6.54 Å². The van der Waals surface area contributed by atoms with E-state index in [0.717, 1.165) is 32.2 Å². The molecule has 2 fully saturated rings. The molecule has 2 rings (SSSR count). The van der Waals surface area contributed by atoms with Gasteiger partial charge in [-0.1, -0.05) is 46.0 Å². The van der Waals surface area contributed by atoms with Gasteiger partial charge in [0.05, 0.1) is 6.04 Å². The highest BCUT2D eigenvalue weighted by Crippen LogP contribution is 2.31. The van der Waals surface area contributed by atoms with Gasteiger partial charge in [0.15, 0.2) is 5.78 Å². The van der Waals surface area contributed by atoms with E-state index in [4.69, 9.17) is 0 Å². The number of amides is 1. The summed E-state index contributed by atoms with van der Waals surface area (Å²) in [4.78, 5) is 26.9. The lowest BCUT2D eigenvalue weighted by molar-refractivity contribution is -0.137. The van der Waals surface area contributed by atoms with E-state index in [2.05, 4.69) is 13.8 Å². The van der Waals surface area contributed by atoms with Gasteiger partial charge in [0.25, 0.3) is 0 Å². The van der Waals surface area contributed by atoms with Crippen molar-refractivity contribution >= 4 is 11.7 Å². The van der Waals surface area contributed by atoms with Crippen LogP contribution in [0.15, 0.2) is 0 Å². The monoisotopic (exact) mass is 293 g/mol. The van der Waals surface area contributed by atoms with E-state index in [-0.39, 0.29) is 11.9 Å². The number of hydrogen-bond donors (Lipinski definition) is 0. The average Bonchev–Trinajstić information content (AvgIpc) is 2.89. The molecule has 0 aromatic heterocycles. The Morgan fingerprint density at radius 3 is 2.10 bits per heavy atom. The van der Waals surface area contributed by atoms with Crippen LogP contribution >= 0.6 is 0 Å². The number of hydrogen-bond acceptors (Lipinski definition) is 2. The molecule has 21 heavy (non-hydrogen) atoms. The molecule has 2 atom stereocenters. The quantitative estimate of drug-likeness (QED) is 0.734. The van der Waals surface area contributed by atoms with Crippen molar-refractivity contribution in [2.45, 2.75) is 84.1 Å². The lowest BCUT2D eigenvalue weighted by Crippen LogP contribution is -2.40. The second-order valence-electron chi connectivity index (χ2n) is 7.24. The number of carbonyl (C=O) groups is 2. The van der Waals surface area contributed by atoms with Crippen molar-refractivity contribution in [3.63, 3.8) is 0 Å². The van der Waals surface area contributed by atoms with Gasteiger partial charge in [-0.15, -0.1) is 0 Å². The fraction of sp³-hybridized carbons (Fsp3) is 0.889. The second-order valence-corrected chi connectivity index (χ2v) is 7.24. The average molecular weight is 293 g/mol. The van der Waals surface area contributed by atoms with E-state index in [1.165, 1.54) is 25.7 Å². The topological polar surface area (TPSA) is 37.4 Å². The molecule has 0 radical (unpaired) electrons. The molecule has 0 aliphatic carbocycles. The Kier molecular flexibility index (Phi) is 6.25. The SMILES string of the molecule is CC(C)C1CC2C(=O)CCCCCCCCCC(=O)N2C1. The Bertz CT molecular complexity index is 334. The van der Waals surface area contributed by atoms with E-state index in [0.29, 0.717) is 30.5 Å². The number of rotatable bonds is 1. The molecule has 120 valence electrons. The first kappa shape index (κ1) is 16.5. The molecule has 1 amide bonds. The zero-order valence-corrected chi connectivity index (χ0v) is 13.8. The zero-order valence-electron chi connectivity index (χ0n) is 13.8. The summed E-state index contributed by atoms with van der Waals surface area (Å²) in [6.45, 7) is 5.21. The predicted molar refractivity (Wildman–Crippen MR) is 85.0 cm³/mol. The van der Waals surface area contributed by atoms with Crippen molar-refractivity contribution in [3.8, 4) is 0 Å². The van der Waals surface area contributed by atoms with Crippen LogP contribution in [0.2, 0.25) is 0 Å². The van der Waals surface area contributed by atoms with Gasteiger partial charge in [-0.25, -0.2) is 0 Å². The van der Waals surface area contributed by atoms with Gasteiger partial charge >= 0.3 is 0 Å². The van der Waals surface area contributed by atoms with Crippen LogP contribution in [0, 0.1) is 11.8 Å². The Morgan fingerprint density at radius 1 is 0.905 bits per heavy atom. The highest BCUT2D eigenvalue weighted by atomic mass is 16.2. The van der Waals surface area contributed by atoms with Crippen LogP contribution in [-0.4, -0.2) is 29.2 Å². The van der Waals surface area contributed by atoms with Crippen LogP contribution in [0.1, 0.15) is 78.1 Å². The van der Waals surface area contributed by atoms with Crippen molar-refractivity contribution in [1.82, 2.24) is 4.90 Å². The summed E-state index contributed by atoms with van der Waals surface area (Å²) in [5.74, 6) is 1.58. The summed E-state index contributed by atoms with van der Waals surface area (Å²) in [7, 11) is 0. The molecule has 3 heteroatoms. The van der Waals surface area contributed by atoms with Crippen LogP contribution in [-0.2, 0) is 9.59 Å². The smallest absolute Gasteiger partial charge is 0.223 e. The first-order valence-electron chi connectivity index (χ1n) is 8.91. The largest absolute Gasteiger partial charge is 0.332 e. The minimum absolute atomic E-state index is 0.120. The Morgan fingerprint density at radius 2 is 1.48 bits per heavy atom. The minimum atomic E-state index is -0.120. The van der Waals surface area contributed by atoms with E-state index in [1.54, 1.807) is 0 Å². The summed E-state index contributed by atoms with van der Waals surface area (Å²) < 4.78 is 0. The first-order valence-corrected chi connectivity index (χ1v) is 8.91. The van der Waals surface area contributed by atoms with E-state index in [1.807, 2.05) is 4.90 Å². The molecule has 2 aliphatic rings. The molecule has 0 aromatic carbocycles. The first-order chi connectivity index (χ1) is 10.1. The van der Waals surface area contributed by atoms with Gasteiger partial charge in [0, 0.05) is 19.4 Å². The van der Waals surface area contributed by atoms with Crippen molar-refractivity contribution < 1.29 is 9.59 Å². The molecule has 2 unspecified atom stereocenters. The van der Waals surface area contributed by atoms with Gasteiger partial charge in [0.2, 0.25) is 5.91 Å². The standard InChI is InChI=1S/C18H31NO2/c1-14(2)15-12-16-17(20)10-8-6-4-3-5-7-9-11-18(21)19(16)13-15/h14-16H,3-13H2,1-2H3. The van der Waals surface area contributed by atoms with E-state index >= 15 is 0 Å². The molecule has 3 nitrogen and oxygen atoms in total. The minimum Gasteiger partial charge on any atom is -0.332 e. The molecule has 2 aliphatic heterocycles. The summed E-state index contributed by atoms with van der Waals surface area (Å²) in [5.41, 5.74) is 0. The maximum Gasteiger partial charge on any atom is 0.223 e. The molecule has 0 N–H and O–H groups in total. The van der Waals surface area contributed by atoms with Crippen molar-refractivity contribution in [1.29, 1.82) is 0 Å². The van der Waals surface area contributed by atoms with Gasteiger partial charge in [-0.3, -0.25) is 9.59 Å². The molecule has 2 saturated heterocycles. The number of ketones is 1. The van der Waals surface area contributed by atoms with Crippen LogP contribution in [0.25, 0.3) is 0 Å². The van der Waals surface area contributed by atoms with Gasteiger partial charge in [-0.2, -0.15) is 0 Å². The van der Waals surface area contributed by atoms with Crippen molar-refractivity contribution in [2.24, 2.45) is 11.8 Å². The number of fused-ring (bicyclic) bond motifs is 1. The molecular weight excluding hydrogens is 262 g/mol. The molecular formula is C18H31NO2. The third kappa shape index (κ3) is 4.55. The summed E-state index contributed by atoms with van der Waals surface area (Å²) in [6.07, 6.45) is 10.2. The lowest BCUT2D eigenvalue weighted by Gasteiger charge is -2.24. The predicted octanol–water partition coefficient (Wildman–Crippen LogP) is 3.95. The number of nitrogens with zero attached hydrogens (tertiary/aromatic N) is 1. The Balaban J connectivity index is 2.05. The molecule has 2 heterocycles. The number of Topliss-reactive ketones (excluding diaryl/α,β-unsaturated/α-hetero) is 1. The normalized spacial score (nSPS) is 29.8. The fourth-order valence-corrected chi connectivity index (χ4v) is 3.70. The molecule has 0 bridgehead atoms. The van der Waals surface area contributed by atoms with Crippen molar-refractivity contribution in [3.05, 3.63) is 0 Å². The summed E-state index contributed by atoms with van der Waals surface area (Å²) in [5, 5.41) is 0. The van der Waals surface area contributed by atoms with Crippen LogP contribution < -0.4 is 0 Å². The van der Waals surface area contributed by atoms with Crippen LogP contribution in [0.4, 0.5) is 0 Å². The highest BCUT2D eigenvalue weighted by molar-refractivity contribution is 5.89. The zero-order chi connectivity index (χ0) is 15.2. The third-order valence-corrected chi connectivity index (χ3v) is 5.28. The van der Waals surface area contributed by atoms with Gasteiger partial charge in [-0.05, 0) is 31.1 Å². The second kappa shape index (κ2) is 7.95. The summed E-state index contributed by atoms with van der Waals surface area (Å²) in [6, 6.07) is -0.120. The fourth-order valence-electron chi connectivity index (χ4n) is 3.70. The molecule has 0 spiro atoms. The Hall–Kier alpha value is -0.860. The summed E-state index contributed by atoms with van der Waals surface area (Å²) >= 11 is 0. The van der Waals surface area contributed by atoms with Crippen LogP contribution in [0.3, 0.4) is 0 Å². The lowest BCUT2D eigenvalue weighted by atomic mass is 9.91. The molecule has 0 aromatic rings. The molecule has 0 saturated carbocycles. The van der Waals surface area contributed by atoms with Crippen LogP contribution in [0.5, 0.6) is 0 Å². The van der Waals surface area contributed by atoms with E-state index < -0.39 is 0 Å². The van der Waals surface area contributed by atoms with Gasteiger partial charge in [0.1, 0.15) is 0 Å².